The van der Waals surface area contributed by atoms with Gasteiger partial charge in [-0.1, -0.05) is 30.0 Å². The topological polar surface area (TPSA) is 67.2 Å². The largest absolute Gasteiger partial charge is 0.342 e. The van der Waals surface area contributed by atoms with Crippen LogP contribution in [0.25, 0.3) is 21.8 Å². The number of hydrogen-bond acceptors (Lipinski definition) is 4. The van der Waals surface area contributed by atoms with Gasteiger partial charge < -0.3 is 14.8 Å². The molecule has 7 heteroatoms. The first-order valence-electron chi connectivity index (χ1n) is 11.8. The summed E-state index contributed by atoms with van der Waals surface area (Å²) < 4.78 is 2.28. The van der Waals surface area contributed by atoms with Crippen LogP contribution in [-0.4, -0.2) is 44.6 Å². The molecule has 2 aromatic carbocycles. The van der Waals surface area contributed by atoms with Crippen LogP contribution < -0.4 is 5.32 Å². The third-order valence-electron chi connectivity index (χ3n) is 6.42. The molecule has 0 bridgehead atoms. The van der Waals surface area contributed by atoms with E-state index in [9.17, 15) is 9.59 Å². The number of anilines is 1. The maximum absolute atomic E-state index is 13.2. The zero-order valence-electron chi connectivity index (χ0n) is 19.5. The van der Waals surface area contributed by atoms with Crippen molar-refractivity contribution in [3.63, 3.8) is 0 Å². The highest BCUT2D eigenvalue weighted by molar-refractivity contribution is 8.00. The molecule has 174 valence electrons. The monoisotopic (exact) mass is 472 g/mol. The molecule has 0 spiro atoms. The molecule has 1 aliphatic rings. The minimum atomic E-state index is -0.295. The van der Waals surface area contributed by atoms with Crippen molar-refractivity contribution in [1.29, 1.82) is 0 Å². The Morgan fingerprint density at radius 2 is 1.79 bits per heavy atom. The van der Waals surface area contributed by atoms with Gasteiger partial charge in [0.2, 0.25) is 5.91 Å². The minimum Gasteiger partial charge on any atom is -0.342 e. The Kier molecular flexibility index (Phi) is 6.28. The van der Waals surface area contributed by atoms with Gasteiger partial charge in [0.25, 0.3) is 5.91 Å². The number of hydrogen-bond donors (Lipinski definition) is 1. The van der Waals surface area contributed by atoms with E-state index in [0.29, 0.717) is 10.6 Å². The molecule has 0 saturated carbocycles. The summed E-state index contributed by atoms with van der Waals surface area (Å²) in [7, 11) is 0. The molecular formula is C27H28N4O2S. The molecule has 3 heterocycles. The van der Waals surface area contributed by atoms with Crippen LogP contribution >= 0.6 is 11.8 Å². The molecule has 0 radical (unpaired) electrons. The molecule has 5 rings (SSSR count). The average molecular weight is 473 g/mol. The smallest absolute Gasteiger partial charge is 0.258 e. The van der Waals surface area contributed by atoms with E-state index in [2.05, 4.69) is 40.0 Å². The highest BCUT2D eigenvalue weighted by Crippen LogP contribution is 2.32. The van der Waals surface area contributed by atoms with Crippen LogP contribution in [0.5, 0.6) is 0 Å². The zero-order valence-corrected chi connectivity index (χ0v) is 20.3. The number of thioether (sulfide) groups is 1. The molecule has 34 heavy (non-hydrogen) atoms. The minimum absolute atomic E-state index is 0.109. The van der Waals surface area contributed by atoms with E-state index in [1.54, 1.807) is 18.3 Å². The first kappa shape index (κ1) is 22.5. The van der Waals surface area contributed by atoms with Gasteiger partial charge in [-0.3, -0.25) is 9.59 Å². The summed E-state index contributed by atoms with van der Waals surface area (Å²) >= 11 is 1.35. The number of amides is 2. The van der Waals surface area contributed by atoms with Crippen molar-refractivity contribution in [2.75, 3.05) is 18.4 Å². The van der Waals surface area contributed by atoms with Crippen LogP contribution in [0, 0.1) is 0 Å². The third-order valence-corrected chi connectivity index (χ3v) is 7.52. The lowest BCUT2D eigenvalue weighted by atomic mass is 10.1. The number of rotatable bonds is 6. The first-order chi connectivity index (χ1) is 16.6. The van der Waals surface area contributed by atoms with Gasteiger partial charge >= 0.3 is 0 Å². The molecule has 0 aliphatic carbocycles. The molecule has 1 unspecified atom stereocenters. The van der Waals surface area contributed by atoms with Crippen molar-refractivity contribution >= 4 is 51.1 Å². The maximum Gasteiger partial charge on any atom is 0.258 e. The Hall–Kier alpha value is -3.32. The highest BCUT2D eigenvalue weighted by Gasteiger charge is 2.26. The maximum atomic E-state index is 13.2. The number of fused-ring (bicyclic) bond motifs is 3. The molecular weight excluding hydrogens is 444 g/mol. The summed E-state index contributed by atoms with van der Waals surface area (Å²) in [5.74, 6) is -0.118. The Morgan fingerprint density at radius 1 is 1.03 bits per heavy atom. The van der Waals surface area contributed by atoms with Gasteiger partial charge in [-0.05, 0) is 63.1 Å². The predicted molar refractivity (Wildman–Crippen MR) is 138 cm³/mol. The number of aromatic nitrogens is 2. The number of aryl methyl sites for hydroxylation is 1. The van der Waals surface area contributed by atoms with Crippen LogP contribution in [0.3, 0.4) is 0 Å². The second-order valence-electron chi connectivity index (χ2n) is 8.60. The second-order valence-corrected chi connectivity index (χ2v) is 9.93. The van der Waals surface area contributed by atoms with Crippen LogP contribution in [0.4, 0.5) is 5.69 Å². The number of nitrogens with one attached hydrogen (secondary N) is 1. The Labute approximate surface area is 203 Å². The number of benzene rings is 2. The molecule has 2 aromatic heterocycles. The van der Waals surface area contributed by atoms with E-state index in [1.165, 1.54) is 22.7 Å². The lowest BCUT2D eigenvalue weighted by Crippen LogP contribution is -2.34. The number of pyridine rings is 1. The van der Waals surface area contributed by atoms with Crippen molar-refractivity contribution in [2.45, 2.75) is 43.5 Å². The standard InChI is InChI=1S/C27H28N4O2S/c1-3-31-23-11-5-4-9-20(23)22-17-19(12-13-24(22)31)29-25(32)21-10-8-14-28-26(21)34-18(2)27(33)30-15-6-7-16-30/h4-5,8-14,17-18H,3,6-7,15-16H2,1-2H3,(H,29,32). The van der Waals surface area contributed by atoms with Gasteiger partial charge in [0, 0.05) is 53.3 Å². The van der Waals surface area contributed by atoms with E-state index >= 15 is 0 Å². The highest BCUT2D eigenvalue weighted by atomic mass is 32.2. The van der Waals surface area contributed by atoms with Crippen LogP contribution in [0.2, 0.25) is 0 Å². The van der Waals surface area contributed by atoms with Gasteiger partial charge in [-0.25, -0.2) is 4.98 Å². The average Bonchev–Trinajstić information content (AvgIpc) is 3.50. The lowest BCUT2D eigenvalue weighted by molar-refractivity contribution is -0.129. The number of para-hydroxylation sites is 1. The van der Waals surface area contributed by atoms with Crippen LogP contribution in [0.15, 0.2) is 65.8 Å². The summed E-state index contributed by atoms with van der Waals surface area (Å²) in [6.07, 6.45) is 3.78. The number of carbonyl (C=O) groups is 2. The second kappa shape index (κ2) is 9.50. The summed E-state index contributed by atoms with van der Waals surface area (Å²) in [6.45, 7) is 6.53. The Morgan fingerprint density at radius 3 is 2.59 bits per heavy atom. The lowest BCUT2D eigenvalue weighted by Gasteiger charge is -2.20. The normalized spacial score (nSPS) is 14.6. The fraction of sp³-hybridized carbons (Fsp3) is 0.296. The van der Waals surface area contributed by atoms with Crippen molar-refractivity contribution in [1.82, 2.24) is 14.5 Å². The molecule has 6 nitrogen and oxygen atoms in total. The van der Waals surface area contributed by atoms with Crippen molar-refractivity contribution in [2.24, 2.45) is 0 Å². The summed E-state index contributed by atoms with van der Waals surface area (Å²) in [6, 6.07) is 17.9. The van der Waals surface area contributed by atoms with Gasteiger partial charge in [0.1, 0.15) is 5.03 Å². The zero-order chi connectivity index (χ0) is 23.7. The Balaban J connectivity index is 1.39. The van der Waals surface area contributed by atoms with E-state index < -0.39 is 0 Å². The van der Waals surface area contributed by atoms with Crippen molar-refractivity contribution < 1.29 is 9.59 Å². The van der Waals surface area contributed by atoms with Gasteiger partial charge in [-0.2, -0.15) is 0 Å². The summed E-state index contributed by atoms with van der Waals surface area (Å²) in [5, 5.41) is 5.60. The van der Waals surface area contributed by atoms with Crippen molar-refractivity contribution in [3.8, 4) is 0 Å². The van der Waals surface area contributed by atoms with Gasteiger partial charge in [0.05, 0.1) is 10.8 Å². The molecule has 1 saturated heterocycles. The summed E-state index contributed by atoms with van der Waals surface area (Å²) in [4.78, 5) is 32.3. The summed E-state index contributed by atoms with van der Waals surface area (Å²) in [5.41, 5.74) is 3.54. The third kappa shape index (κ3) is 4.16. The molecule has 1 N–H and O–H groups in total. The van der Waals surface area contributed by atoms with E-state index in [1.807, 2.05) is 36.1 Å². The van der Waals surface area contributed by atoms with Crippen LogP contribution in [-0.2, 0) is 11.3 Å². The fourth-order valence-electron chi connectivity index (χ4n) is 4.74. The van der Waals surface area contributed by atoms with Gasteiger partial charge in [0.15, 0.2) is 0 Å². The number of carbonyl (C=O) groups excluding carboxylic acids is 2. The molecule has 1 atom stereocenters. The SMILES string of the molecule is CCn1c2ccccc2c2cc(NC(=O)c3cccnc3SC(C)C(=O)N3CCCC3)ccc21. The van der Waals surface area contributed by atoms with E-state index in [0.717, 1.165) is 49.1 Å². The molecule has 1 fully saturated rings. The van der Waals surface area contributed by atoms with E-state index in [-0.39, 0.29) is 17.1 Å². The predicted octanol–water partition coefficient (Wildman–Crippen LogP) is 5.56. The Bertz CT molecular complexity index is 1370. The van der Waals surface area contributed by atoms with Gasteiger partial charge in [-0.15, -0.1) is 0 Å². The number of nitrogens with zero attached hydrogens (tertiary/aromatic N) is 3. The fourth-order valence-corrected chi connectivity index (χ4v) is 5.73. The molecule has 4 aromatic rings. The van der Waals surface area contributed by atoms with Crippen molar-refractivity contribution in [3.05, 3.63) is 66.4 Å². The quantitative estimate of drug-likeness (QED) is 0.373. The number of likely N-dealkylation sites (tertiary alicyclic amines) is 1. The van der Waals surface area contributed by atoms with E-state index in [4.69, 9.17) is 0 Å². The first-order valence-corrected chi connectivity index (χ1v) is 12.7. The van der Waals surface area contributed by atoms with Crippen LogP contribution in [0.1, 0.15) is 37.0 Å². The molecule has 1 aliphatic heterocycles. The molecule has 2 amide bonds.